The molecule has 0 spiro atoms. The fourth-order valence-corrected chi connectivity index (χ4v) is 4.02. The first-order valence-corrected chi connectivity index (χ1v) is 10.3. The van der Waals surface area contributed by atoms with E-state index >= 15 is 0 Å². The minimum Gasteiger partial charge on any atom is -0.368 e. The lowest BCUT2D eigenvalue weighted by Gasteiger charge is -2.33. The Hall–Kier alpha value is -2.44. The van der Waals surface area contributed by atoms with Crippen LogP contribution >= 0.6 is 11.6 Å². The molecule has 0 N–H and O–H groups in total. The lowest BCUT2D eigenvalue weighted by atomic mass is 10.1. The van der Waals surface area contributed by atoms with Crippen LogP contribution in [-0.4, -0.2) is 59.4 Å². The molecule has 1 aromatic carbocycles. The molecule has 0 radical (unpaired) electrons. The van der Waals surface area contributed by atoms with Gasteiger partial charge < -0.3 is 14.5 Å². The monoisotopic (exact) mass is 413 g/mol. The standard InChI is InChI=1S/C22H24ClN3O3/c23-18-4-1-3-16(12-18)11-17-6-7-19(24-13-17)20-14-26(9-10-29-20)22(28)15-25-8-2-5-21(25)27/h1,3-4,6-7,12-13,20H,2,5,8-11,14-15H2/t20-/m0/s1. The van der Waals surface area contributed by atoms with E-state index < -0.39 is 0 Å². The first-order chi connectivity index (χ1) is 14.1. The molecule has 2 amide bonds. The molecule has 29 heavy (non-hydrogen) atoms. The van der Waals surface area contributed by atoms with Gasteiger partial charge in [-0.1, -0.05) is 29.8 Å². The number of ether oxygens (including phenoxy) is 1. The van der Waals surface area contributed by atoms with E-state index in [4.69, 9.17) is 16.3 Å². The number of nitrogens with zero attached hydrogens (tertiary/aromatic N) is 3. The van der Waals surface area contributed by atoms with Crippen LogP contribution in [0, 0.1) is 0 Å². The molecular formula is C22H24ClN3O3. The van der Waals surface area contributed by atoms with Crippen molar-refractivity contribution in [1.29, 1.82) is 0 Å². The number of carbonyl (C=O) groups is 2. The van der Waals surface area contributed by atoms with Gasteiger partial charge in [0, 0.05) is 30.7 Å². The highest BCUT2D eigenvalue weighted by Crippen LogP contribution is 2.22. The molecule has 2 saturated heterocycles. The van der Waals surface area contributed by atoms with Crippen molar-refractivity contribution in [2.45, 2.75) is 25.4 Å². The Morgan fingerprint density at radius 3 is 2.83 bits per heavy atom. The first kappa shape index (κ1) is 19.9. The Morgan fingerprint density at radius 2 is 2.10 bits per heavy atom. The van der Waals surface area contributed by atoms with Crippen LogP contribution in [0.15, 0.2) is 42.6 Å². The van der Waals surface area contributed by atoms with Gasteiger partial charge in [0.25, 0.3) is 0 Å². The predicted molar refractivity (Wildman–Crippen MR) is 110 cm³/mol. The SMILES string of the molecule is O=C1CCCN1CC(=O)N1CCO[C@H](c2ccc(Cc3cccc(Cl)c3)cn2)C1. The number of halogens is 1. The summed E-state index contributed by atoms with van der Waals surface area (Å²) in [5, 5.41) is 0.725. The van der Waals surface area contributed by atoms with Gasteiger partial charge in [0.05, 0.1) is 25.4 Å². The fraction of sp³-hybridized carbons (Fsp3) is 0.409. The van der Waals surface area contributed by atoms with E-state index in [1.807, 2.05) is 42.6 Å². The molecule has 1 aromatic heterocycles. The summed E-state index contributed by atoms with van der Waals surface area (Å²) < 4.78 is 5.86. The Bertz CT molecular complexity index is 887. The largest absolute Gasteiger partial charge is 0.368 e. The molecule has 0 saturated carbocycles. The molecule has 2 fully saturated rings. The van der Waals surface area contributed by atoms with Crippen molar-refractivity contribution < 1.29 is 14.3 Å². The third-order valence-corrected chi connectivity index (χ3v) is 5.63. The highest BCUT2D eigenvalue weighted by Gasteiger charge is 2.29. The summed E-state index contributed by atoms with van der Waals surface area (Å²) in [5.74, 6) is 0.0474. The van der Waals surface area contributed by atoms with Gasteiger partial charge in [-0.2, -0.15) is 0 Å². The molecule has 3 heterocycles. The summed E-state index contributed by atoms with van der Waals surface area (Å²) in [4.78, 5) is 32.4. The maximum atomic E-state index is 12.6. The molecular weight excluding hydrogens is 390 g/mol. The van der Waals surface area contributed by atoms with E-state index in [0.717, 1.165) is 34.7 Å². The van der Waals surface area contributed by atoms with E-state index in [0.29, 0.717) is 32.7 Å². The molecule has 2 aromatic rings. The van der Waals surface area contributed by atoms with E-state index in [1.165, 1.54) is 0 Å². The van der Waals surface area contributed by atoms with Crippen molar-refractivity contribution in [3.63, 3.8) is 0 Å². The molecule has 2 aliphatic heterocycles. The summed E-state index contributed by atoms with van der Waals surface area (Å²) in [6, 6.07) is 11.8. The number of pyridine rings is 1. The molecule has 0 aliphatic carbocycles. The number of aromatic nitrogens is 1. The predicted octanol–water partition coefficient (Wildman–Crippen LogP) is 2.85. The van der Waals surface area contributed by atoms with Gasteiger partial charge in [0.15, 0.2) is 0 Å². The third kappa shape index (κ3) is 4.95. The highest BCUT2D eigenvalue weighted by molar-refractivity contribution is 6.30. The van der Waals surface area contributed by atoms with Gasteiger partial charge in [-0.05, 0) is 42.2 Å². The number of morpholine rings is 1. The zero-order valence-corrected chi connectivity index (χ0v) is 17.0. The van der Waals surface area contributed by atoms with Gasteiger partial charge in [-0.3, -0.25) is 14.6 Å². The average molecular weight is 414 g/mol. The number of amides is 2. The molecule has 2 aliphatic rings. The highest BCUT2D eigenvalue weighted by atomic mass is 35.5. The van der Waals surface area contributed by atoms with Crippen LogP contribution in [0.5, 0.6) is 0 Å². The van der Waals surface area contributed by atoms with Crippen LogP contribution in [0.25, 0.3) is 0 Å². The number of benzene rings is 1. The molecule has 0 bridgehead atoms. The lowest BCUT2D eigenvalue weighted by molar-refractivity contribution is -0.143. The zero-order chi connectivity index (χ0) is 20.2. The van der Waals surface area contributed by atoms with Crippen LogP contribution in [0.2, 0.25) is 5.02 Å². The minimum absolute atomic E-state index is 0.0221. The number of hydrogen-bond acceptors (Lipinski definition) is 4. The summed E-state index contributed by atoms with van der Waals surface area (Å²) in [5.41, 5.74) is 3.04. The Labute approximate surface area is 175 Å². The Balaban J connectivity index is 1.36. The summed E-state index contributed by atoms with van der Waals surface area (Å²) >= 11 is 6.05. The Kier molecular flexibility index (Phi) is 6.11. The normalized spacial score (nSPS) is 19.6. The van der Waals surface area contributed by atoms with Crippen LogP contribution in [0.4, 0.5) is 0 Å². The van der Waals surface area contributed by atoms with E-state index in [9.17, 15) is 9.59 Å². The number of likely N-dealkylation sites (tertiary alicyclic amines) is 1. The smallest absolute Gasteiger partial charge is 0.242 e. The van der Waals surface area contributed by atoms with Crippen molar-refractivity contribution in [3.05, 3.63) is 64.4 Å². The van der Waals surface area contributed by atoms with Gasteiger partial charge in [-0.15, -0.1) is 0 Å². The van der Waals surface area contributed by atoms with Crippen LogP contribution in [0.1, 0.15) is 35.8 Å². The second-order valence-electron chi connectivity index (χ2n) is 7.52. The van der Waals surface area contributed by atoms with Crippen LogP contribution < -0.4 is 0 Å². The first-order valence-electron chi connectivity index (χ1n) is 9.95. The lowest BCUT2D eigenvalue weighted by Crippen LogP contribution is -2.47. The van der Waals surface area contributed by atoms with Crippen molar-refractivity contribution in [2.24, 2.45) is 0 Å². The third-order valence-electron chi connectivity index (χ3n) is 5.39. The van der Waals surface area contributed by atoms with Crippen LogP contribution in [0.3, 0.4) is 0 Å². The van der Waals surface area contributed by atoms with Gasteiger partial charge in [-0.25, -0.2) is 0 Å². The second kappa shape index (κ2) is 8.93. The zero-order valence-electron chi connectivity index (χ0n) is 16.2. The van der Waals surface area contributed by atoms with E-state index in [2.05, 4.69) is 4.98 Å². The fourth-order valence-electron chi connectivity index (χ4n) is 3.80. The molecule has 6 nitrogen and oxygen atoms in total. The Morgan fingerprint density at radius 1 is 1.21 bits per heavy atom. The summed E-state index contributed by atoms with van der Waals surface area (Å²) in [6.07, 6.45) is 3.74. The van der Waals surface area contributed by atoms with Crippen LogP contribution in [-0.2, 0) is 20.7 Å². The second-order valence-corrected chi connectivity index (χ2v) is 7.95. The van der Waals surface area contributed by atoms with E-state index in [1.54, 1.807) is 9.80 Å². The molecule has 4 rings (SSSR count). The van der Waals surface area contributed by atoms with Crippen molar-refractivity contribution in [2.75, 3.05) is 32.8 Å². The molecule has 1 atom stereocenters. The van der Waals surface area contributed by atoms with E-state index in [-0.39, 0.29) is 24.5 Å². The molecule has 7 heteroatoms. The van der Waals surface area contributed by atoms with Crippen molar-refractivity contribution in [3.8, 4) is 0 Å². The average Bonchev–Trinajstić information content (AvgIpc) is 3.13. The maximum absolute atomic E-state index is 12.6. The number of carbonyl (C=O) groups excluding carboxylic acids is 2. The van der Waals surface area contributed by atoms with Crippen molar-refractivity contribution in [1.82, 2.24) is 14.8 Å². The van der Waals surface area contributed by atoms with Gasteiger partial charge >= 0.3 is 0 Å². The summed E-state index contributed by atoms with van der Waals surface area (Å²) in [6.45, 7) is 2.31. The maximum Gasteiger partial charge on any atom is 0.242 e. The molecule has 152 valence electrons. The molecule has 0 unspecified atom stereocenters. The number of hydrogen-bond donors (Lipinski definition) is 0. The van der Waals surface area contributed by atoms with Gasteiger partial charge in [0.2, 0.25) is 11.8 Å². The number of rotatable bonds is 5. The van der Waals surface area contributed by atoms with Gasteiger partial charge in [0.1, 0.15) is 6.10 Å². The topological polar surface area (TPSA) is 62.7 Å². The minimum atomic E-state index is -0.248. The quantitative estimate of drug-likeness (QED) is 0.756. The summed E-state index contributed by atoms with van der Waals surface area (Å²) in [7, 11) is 0. The van der Waals surface area contributed by atoms with Crippen molar-refractivity contribution >= 4 is 23.4 Å².